The lowest BCUT2D eigenvalue weighted by molar-refractivity contribution is -0.153. The van der Waals surface area contributed by atoms with E-state index in [1.54, 1.807) is 6.42 Å². The van der Waals surface area contributed by atoms with Gasteiger partial charge in [0.15, 0.2) is 0 Å². The first-order valence-corrected chi connectivity index (χ1v) is 11.8. The molecule has 3 saturated carbocycles. The molecular weight excluding hydrogens is 312 g/mol. The summed E-state index contributed by atoms with van der Waals surface area (Å²) in [4.78, 5) is 0. The molecule has 8 atom stereocenters. The number of hydrogen-bond acceptors (Lipinski definition) is 0. The first-order valence-electron chi connectivity index (χ1n) is 11.8. The van der Waals surface area contributed by atoms with Crippen LogP contribution in [0.1, 0.15) is 93.9 Å². The molecule has 3 fully saturated rings. The molecule has 3 rings (SSSR count). The van der Waals surface area contributed by atoms with Crippen molar-refractivity contribution in [3.8, 4) is 0 Å². The highest BCUT2D eigenvalue weighted by Crippen LogP contribution is 2.84. The largest absolute Gasteiger partial charge is 0.0996 e. The van der Waals surface area contributed by atoms with E-state index in [9.17, 15) is 0 Å². The Morgan fingerprint density at radius 3 is 2.19 bits per heavy atom. The molecule has 0 aromatic heterocycles. The third-order valence-corrected chi connectivity index (χ3v) is 9.72. The van der Waals surface area contributed by atoms with Crippen LogP contribution in [0.5, 0.6) is 0 Å². The van der Waals surface area contributed by atoms with Crippen molar-refractivity contribution >= 4 is 0 Å². The van der Waals surface area contributed by atoms with E-state index in [-0.39, 0.29) is 0 Å². The van der Waals surface area contributed by atoms with E-state index in [2.05, 4.69) is 62.0 Å². The van der Waals surface area contributed by atoms with Gasteiger partial charge in [0.1, 0.15) is 0 Å². The van der Waals surface area contributed by atoms with Gasteiger partial charge in [0, 0.05) is 0 Å². The first-order chi connectivity index (χ1) is 12.1. The monoisotopic (exact) mass is 358 g/mol. The maximum Gasteiger partial charge on any atom is -0.0204 e. The topological polar surface area (TPSA) is 0 Å². The molecule has 8 unspecified atom stereocenters. The van der Waals surface area contributed by atoms with Crippen molar-refractivity contribution in [2.45, 2.75) is 93.9 Å². The second-order valence-electron chi connectivity index (χ2n) is 11.5. The third-order valence-electron chi connectivity index (χ3n) is 9.72. The van der Waals surface area contributed by atoms with Crippen LogP contribution in [-0.4, -0.2) is 0 Å². The van der Waals surface area contributed by atoms with Crippen molar-refractivity contribution in [3.63, 3.8) is 0 Å². The highest BCUT2D eigenvalue weighted by molar-refractivity contribution is 5.26. The van der Waals surface area contributed by atoms with E-state index in [1.165, 1.54) is 37.7 Å². The van der Waals surface area contributed by atoms with Crippen LogP contribution in [0.25, 0.3) is 0 Å². The van der Waals surface area contributed by atoms with E-state index < -0.39 is 0 Å². The van der Waals surface area contributed by atoms with Crippen LogP contribution in [0.3, 0.4) is 0 Å². The Bertz CT molecular complexity index is 528. The average Bonchev–Trinajstić information content (AvgIpc) is 2.80. The molecule has 0 aromatic rings. The molecule has 0 amide bonds. The number of hydrogen-bond donors (Lipinski definition) is 0. The van der Waals surface area contributed by atoms with E-state index >= 15 is 0 Å². The fourth-order valence-corrected chi connectivity index (χ4v) is 8.78. The van der Waals surface area contributed by atoms with E-state index in [0.29, 0.717) is 16.7 Å². The Balaban J connectivity index is 1.87. The lowest BCUT2D eigenvalue weighted by Crippen LogP contribution is -2.57. The Hall–Kier alpha value is -0.260. The molecule has 0 saturated heterocycles. The molecule has 0 heterocycles. The van der Waals surface area contributed by atoms with Crippen LogP contribution in [0.15, 0.2) is 12.2 Å². The van der Waals surface area contributed by atoms with Gasteiger partial charge in [-0.15, -0.1) is 0 Å². The molecule has 0 aromatic carbocycles. The summed E-state index contributed by atoms with van der Waals surface area (Å²) >= 11 is 0. The van der Waals surface area contributed by atoms with Gasteiger partial charge in [0.05, 0.1) is 0 Å². The van der Waals surface area contributed by atoms with E-state index in [4.69, 9.17) is 0 Å². The standard InChI is InChI=1S/C26H46/c1-10-21-24-20-14-23(24)26(11-2,15-16(3)4)25(21,9)22(20)13-18(7)12-19(8)17(5)6/h16-18,20-24H,8,10-15H2,1-7,9H3. The summed E-state index contributed by atoms with van der Waals surface area (Å²) < 4.78 is 0. The number of fused-ring (bicyclic) bond motifs is 1. The lowest BCUT2D eigenvalue weighted by Gasteiger charge is -2.63. The molecule has 26 heavy (non-hydrogen) atoms. The second-order valence-corrected chi connectivity index (χ2v) is 11.5. The maximum absolute atomic E-state index is 4.38. The van der Waals surface area contributed by atoms with Gasteiger partial charge >= 0.3 is 0 Å². The van der Waals surface area contributed by atoms with Gasteiger partial charge in [-0.05, 0) is 90.3 Å². The normalized spacial score (nSPS) is 44.6. The highest BCUT2D eigenvalue weighted by Gasteiger charge is 2.79. The Labute approximate surface area is 164 Å². The molecule has 0 spiro atoms. The van der Waals surface area contributed by atoms with E-state index in [1.807, 2.05) is 0 Å². The van der Waals surface area contributed by atoms with Crippen molar-refractivity contribution in [2.75, 3.05) is 0 Å². The van der Waals surface area contributed by atoms with E-state index in [0.717, 1.165) is 41.4 Å². The molecule has 0 N–H and O–H groups in total. The third kappa shape index (κ3) is 2.60. The van der Waals surface area contributed by atoms with Gasteiger partial charge < -0.3 is 0 Å². The Morgan fingerprint density at radius 1 is 1.08 bits per heavy atom. The zero-order chi connectivity index (χ0) is 19.4. The van der Waals surface area contributed by atoms with Crippen LogP contribution < -0.4 is 0 Å². The van der Waals surface area contributed by atoms with Gasteiger partial charge in [0.2, 0.25) is 0 Å². The molecule has 0 heteroatoms. The summed E-state index contributed by atoms with van der Waals surface area (Å²) in [7, 11) is 0. The molecule has 0 nitrogen and oxygen atoms in total. The Morgan fingerprint density at radius 2 is 1.73 bits per heavy atom. The summed E-state index contributed by atoms with van der Waals surface area (Å²) in [6, 6.07) is 0. The van der Waals surface area contributed by atoms with Crippen LogP contribution in [-0.2, 0) is 0 Å². The lowest BCUT2D eigenvalue weighted by atomic mass is 9.41. The van der Waals surface area contributed by atoms with Crippen molar-refractivity contribution < 1.29 is 0 Å². The fourth-order valence-electron chi connectivity index (χ4n) is 8.78. The fraction of sp³-hybridized carbons (Fsp3) is 0.923. The van der Waals surface area contributed by atoms with Gasteiger partial charge in [-0.25, -0.2) is 0 Å². The molecule has 0 aliphatic heterocycles. The summed E-state index contributed by atoms with van der Waals surface area (Å²) in [5.74, 6) is 7.40. The molecule has 3 aliphatic rings. The van der Waals surface area contributed by atoms with Crippen molar-refractivity contribution in [1.82, 2.24) is 0 Å². The van der Waals surface area contributed by atoms with Crippen molar-refractivity contribution in [3.05, 3.63) is 12.2 Å². The quantitative estimate of drug-likeness (QED) is 0.366. The SMILES string of the molecule is C=C(CC(C)CC1C2CC3C2C(CC)C1(C)C3(CC)CC(C)C)C(C)C. The number of allylic oxidation sites excluding steroid dienone is 1. The number of rotatable bonds is 9. The van der Waals surface area contributed by atoms with Crippen LogP contribution in [0.4, 0.5) is 0 Å². The molecule has 3 aliphatic carbocycles. The van der Waals surface area contributed by atoms with Gasteiger partial charge in [-0.3, -0.25) is 0 Å². The zero-order valence-corrected chi connectivity index (χ0v) is 19.1. The second kappa shape index (κ2) is 6.97. The minimum atomic E-state index is 0.590. The Kier molecular flexibility index (Phi) is 5.49. The summed E-state index contributed by atoms with van der Waals surface area (Å²) in [6.45, 7) is 24.2. The first kappa shape index (κ1) is 20.5. The predicted molar refractivity (Wildman–Crippen MR) is 115 cm³/mol. The molecule has 2 bridgehead atoms. The minimum absolute atomic E-state index is 0.590. The molecule has 0 radical (unpaired) electrons. The average molecular weight is 359 g/mol. The van der Waals surface area contributed by atoms with Crippen molar-refractivity contribution in [1.29, 1.82) is 0 Å². The highest BCUT2D eigenvalue weighted by atomic mass is 14.8. The van der Waals surface area contributed by atoms with Gasteiger partial charge in [-0.2, -0.15) is 0 Å². The van der Waals surface area contributed by atoms with Crippen LogP contribution in [0.2, 0.25) is 0 Å². The smallest absolute Gasteiger partial charge is 0.0204 e. The molecule has 150 valence electrons. The molecular formula is C26H46. The van der Waals surface area contributed by atoms with Gasteiger partial charge in [0.25, 0.3) is 0 Å². The predicted octanol–water partition coefficient (Wildman–Crippen LogP) is 7.99. The van der Waals surface area contributed by atoms with Crippen LogP contribution in [0, 0.1) is 58.2 Å². The van der Waals surface area contributed by atoms with Crippen molar-refractivity contribution in [2.24, 2.45) is 58.2 Å². The summed E-state index contributed by atoms with van der Waals surface area (Å²) in [6.07, 6.45) is 8.54. The zero-order valence-electron chi connectivity index (χ0n) is 19.1. The summed E-state index contributed by atoms with van der Waals surface area (Å²) in [5, 5.41) is 0. The van der Waals surface area contributed by atoms with Gasteiger partial charge in [-0.1, -0.05) is 74.0 Å². The summed E-state index contributed by atoms with van der Waals surface area (Å²) in [5.41, 5.74) is 2.68. The minimum Gasteiger partial charge on any atom is -0.0996 e. The van der Waals surface area contributed by atoms with Crippen LogP contribution >= 0.6 is 0 Å². The maximum atomic E-state index is 4.38.